The van der Waals surface area contributed by atoms with E-state index in [9.17, 15) is 31.2 Å². The zero-order valence-electron chi connectivity index (χ0n) is 18.6. The van der Waals surface area contributed by atoms with Crippen molar-refractivity contribution >= 4 is 61.1 Å². The van der Waals surface area contributed by atoms with Crippen molar-refractivity contribution in [3.63, 3.8) is 0 Å². The fraction of sp³-hybridized carbons (Fsp3) is 0.0870. The monoisotopic (exact) mass is 532 g/mol. The van der Waals surface area contributed by atoms with Gasteiger partial charge in [0.2, 0.25) is 20.0 Å². The maximum Gasteiger partial charge on any atom is 0.349 e. The van der Waals surface area contributed by atoms with Gasteiger partial charge in [0, 0.05) is 16.8 Å². The Hall–Kier alpha value is -3.08. The summed E-state index contributed by atoms with van der Waals surface area (Å²) in [7, 11) is -12.8. The molecule has 4 rings (SSSR count). The van der Waals surface area contributed by atoms with E-state index < -0.39 is 27.6 Å². The Bertz CT molecular complexity index is 1720. The van der Waals surface area contributed by atoms with Crippen molar-refractivity contribution in [3.05, 3.63) is 78.2 Å². The molecule has 0 unspecified atom stereocenters. The van der Waals surface area contributed by atoms with Crippen LogP contribution in [0.5, 0.6) is 0 Å². The van der Waals surface area contributed by atoms with Gasteiger partial charge in [0.15, 0.2) is 0 Å². The maximum atomic E-state index is 12.5. The number of pyridine rings is 1. The molecule has 1 aromatic heterocycles. The highest BCUT2D eigenvalue weighted by atomic mass is 32.3. The fourth-order valence-corrected chi connectivity index (χ4v) is 7.19. The van der Waals surface area contributed by atoms with E-state index in [1.165, 1.54) is 24.3 Å². The summed E-state index contributed by atoms with van der Waals surface area (Å²) >= 11 is 0. The first kappa shape index (κ1) is 25.0. The van der Waals surface area contributed by atoms with Crippen molar-refractivity contribution in [2.24, 2.45) is 0 Å². The Morgan fingerprint density at radius 2 is 1.49 bits per heavy atom. The summed E-state index contributed by atoms with van der Waals surface area (Å²) in [5, 5.41) is 2.18. The molecule has 0 spiro atoms. The van der Waals surface area contributed by atoms with Crippen molar-refractivity contribution in [2.45, 2.75) is 0 Å². The van der Waals surface area contributed by atoms with E-state index in [0.717, 1.165) is 29.1 Å². The van der Waals surface area contributed by atoms with E-state index in [0.29, 0.717) is 25.7 Å². The third-order valence-corrected chi connectivity index (χ3v) is 8.92. The number of fused-ring (bicyclic) bond motifs is 2. The quantitative estimate of drug-likeness (QED) is 0.356. The van der Waals surface area contributed by atoms with Crippen LogP contribution < -0.4 is 3.71 Å². The molecule has 182 valence electrons. The summed E-state index contributed by atoms with van der Waals surface area (Å²) in [5.74, 6) is 0.738. The summed E-state index contributed by atoms with van der Waals surface area (Å²) in [6.45, 7) is 0. The molecule has 35 heavy (non-hydrogen) atoms. The zero-order valence-corrected chi connectivity index (χ0v) is 21.1. The van der Waals surface area contributed by atoms with Gasteiger partial charge in [-0.1, -0.05) is 48.5 Å². The van der Waals surface area contributed by atoms with Crippen molar-refractivity contribution in [1.29, 1.82) is 0 Å². The van der Waals surface area contributed by atoms with Crippen molar-refractivity contribution in [1.82, 2.24) is 4.98 Å². The van der Waals surface area contributed by atoms with Crippen LogP contribution in [0.25, 0.3) is 38.9 Å². The molecule has 0 saturated heterocycles. The molecule has 0 saturated carbocycles. The predicted octanol–water partition coefficient (Wildman–Crippen LogP) is 3.93. The molecule has 0 aliphatic heterocycles. The number of benzene rings is 3. The number of hydrogen-bond donors (Lipinski definition) is 2. The van der Waals surface area contributed by atoms with Gasteiger partial charge in [0.1, 0.15) is 0 Å². The van der Waals surface area contributed by atoms with Crippen LogP contribution >= 0.6 is 7.60 Å². The van der Waals surface area contributed by atoms with Gasteiger partial charge in [-0.25, -0.2) is 21.8 Å². The molecule has 0 atom stereocenters. The standard InChI is InChI=1S/C23H21N2O7PS2/c1-34(29,30)25(35(2,31)32)19-14-17-10-11-18(12-13-33(26,27)28)24-23(17)22(15-19)21-9-5-7-16-6-3-4-8-20(16)21/h3-15H,1-2H3,(H2,26,27,28)/b13-12+. The zero-order chi connectivity index (χ0) is 25.6. The van der Waals surface area contributed by atoms with Crippen molar-refractivity contribution in [2.75, 3.05) is 16.2 Å². The molecule has 9 nitrogen and oxygen atoms in total. The third-order valence-electron chi connectivity index (χ3n) is 5.13. The Morgan fingerprint density at radius 1 is 0.829 bits per heavy atom. The Balaban J connectivity index is 2.10. The van der Waals surface area contributed by atoms with Gasteiger partial charge in [-0.2, -0.15) is 3.71 Å². The second-order valence-electron chi connectivity index (χ2n) is 7.96. The van der Waals surface area contributed by atoms with Crippen LogP contribution in [0.4, 0.5) is 5.69 Å². The topological polar surface area (TPSA) is 142 Å². The SMILES string of the molecule is CS(=O)(=O)N(c1cc(-c2cccc3ccccc23)c2nc(/C=C/P(=O)(O)O)ccc2c1)S(C)(=O)=O. The lowest BCUT2D eigenvalue weighted by Gasteiger charge is -2.22. The number of aromatic nitrogens is 1. The van der Waals surface area contributed by atoms with Gasteiger partial charge in [0.25, 0.3) is 0 Å². The lowest BCUT2D eigenvalue weighted by Crippen LogP contribution is -2.35. The van der Waals surface area contributed by atoms with Gasteiger partial charge in [-0.05, 0) is 40.6 Å². The fourth-order valence-electron chi connectivity index (χ4n) is 3.90. The molecule has 0 aliphatic rings. The van der Waals surface area contributed by atoms with E-state index >= 15 is 0 Å². The van der Waals surface area contributed by atoms with E-state index in [2.05, 4.69) is 4.98 Å². The molecule has 3 aromatic carbocycles. The summed E-state index contributed by atoms with van der Waals surface area (Å²) in [6.07, 6.45) is 2.81. The molecular formula is C23H21N2O7PS2. The van der Waals surface area contributed by atoms with Crippen LogP contribution in [0.3, 0.4) is 0 Å². The highest BCUT2D eigenvalue weighted by Gasteiger charge is 2.28. The van der Waals surface area contributed by atoms with Crippen LogP contribution in [0.1, 0.15) is 5.69 Å². The minimum Gasteiger partial charge on any atom is -0.321 e. The normalized spacial score (nSPS) is 13.0. The summed E-state index contributed by atoms with van der Waals surface area (Å²) < 4.78 is 61.5. The summed E-state index contributed by atoms with van der Waals surface area (Å²) in [5.41, 5.74) is 1.72. The largest absolute Gasteiger partial charge is 0.349 e. The van der Waals surface area contributed by atoms with E-state index in [-0.39, 0.29) is 11.4 Å². The summed E-state index contributed by atoms with van der Waals surface area (Å²) in [6, 6.07) is 19.0. The first-order chi connectivity index (χ1) is 16.2. The lowest BCUT2D eigenvalue weighted by molar-refractivity contribution is 0.386. The van der Waals surface area contributed by atoms with Crippen LogP contribution in [0, 0.1) is 0 Å². The van der Waals surface area contributed by atoms with E-state index in [1.807, 2.05) is 42.5 Å². The van der Waals surface area contributed by atoms with Crippen LogP contribution in [0.15, 0.2) is 72.5 Å². The highest BCUT2D eigenvalue weighted by molar-refractivity contribution is 8.09. The minimum absolute atomic E-state index is 0.0780. The van der Waals surface area contributed by atoms with E-state index in [4.69, 9.17) is 0 Å². The number of rotatable bonds is 6. The average Bonchev–Trinajstić information content (AvgIpc) is 2.74. The first-order valence-corrected chi connectivity index (χ1v) is 15.5. The highest BCUT2D eigenvalue weighted by Crippen LogP contribution is 2.39. The second kappa shape index (κ2) is 8.85. The van der Waals surface area contributed by atoms with Gasteiger partial charge < -0.3 is 9.79 Å². The third kappa shape index (κ3) is 5.44. The van der Waals surface area contributed by atoms with Crippen molar-refractivity contribution in [3.8, 4) is 11.1 Å². The number of hydrogen-bond acceptors (Lipinski definition) is 6. The summed E-state index contributed by atoms with van der Waals surface area (Å²) in [4.78, 5) is 22.9. The maximum absolute atomic E-state index is 12.5. The molecule has 0 aliphatic carbocycles. The molecule has 0 fully saturated rings. The van der Waals surface area contributed by atoms with Gasteiger partial charge >= 0.3 is 7.60 Å². The molecule has 2 N–H and O–H groups in total. The first-order valence-electron chi connectivity index (χ1n) is 10.1. The molecule has 1 heterocycles. The van der Waals surface area contributed by atoms with Crippen LogP contribution in [-0.4, -0.2) is 44.1 Å². The van der Waals surface area contributed by atoms with Gasteiger partial charge in [0.05, 0.1) is 29.4 Å². The number of nitrogens with zero attached hydrogens (tertiary/aromatic N) is 2. The molecule has 0 bridgehead atoms. The molecule has 4 aromatic rings. The molecule has 0 amide bonds. The average molecular weight is 533 g/mol. The molecular weight excluding hydrogens is 511 g/mol. The van der Waals surface area contributed by atoms with Crippen molar-refractivity contribution < 1.29 is 31.2 Å². The molecule has 12 heteroatoms. The smallest absolute Gasteiger partial charge is 0.321 e. The van der Waals surface area contributed by atoms with Gasteiger partial charge in [-0.3, -0.25) is 4.57 Å². The Morgan fingerprint density at radius 3 is 2.14 bits per heavy atom. The lowest BCUT2D eigenvalue weighted by atomic mass is 9.95. The number of sulfonamides is 2. The van der Waals surface area contributed by atoms with E-state index in [1.54, 1.807) is 6.07 Å². The number of anilines is 1. The second-order valence-corrected chi connectivity index (χ2v) is 13.3. The predicted molar refractivity (Wildman–Crippen MR) is 138 cm³/mol. The Kier molecular flexibility index (Phi) is 6.33. The minimum atomic E-state index is -4.41. The van der Waals surface area contributed by atoms with Crippen LogP contribution in [0.2, 0.25) is 0 Å². The molecule has 0 radical (unpaired) electrons. The van der Waals surface area contributed by atoms with Crippen LogP contribution in [-0.2, 0) is 24.6 Å². The van der Waals surface area contributed by atoms with Gasteiger partial charge in [-0.15, -0.1) is 0 Å². The Labute approximate surface area is 202 Å².